The lowest BCUT2D eigenvalue weighted by Gasteiger charge is -2.36. The standard InChI is InChI=1S/C15H21NO2/c1-10-6-5-7-13(11(10)2)16-14(18)8-12(9-17)15(16,3)4/h5-7,12,17H,8-9H2,1-4H3. The van der Waals surface area contributed by atoms with E-state index in [1.807, 2.05) is 37.8 Å². The summed E-state index contributed by atoms with van der Waals surface area (Å²) < 4.78 is 0. The maximum atomic E-state index is 12.2. The van der Waals surface area contributed by atoms with Gasteiger partial charge in [-0.15, -0.1) is 0 Å². The summed E-state index contributed by atoms with van der Waals surface area (Å²) in [5, 5.41) is 9.43. The Kier molecular flexibility index (Phi) is 3.20. The number of carbonyl (C=O) groups excluding carboxylic acids is 1. The van der Waals surface area contributed by atoms with Crippen LogP contribution >= 0.6 is 0 Å². The van der Waals surface area contributed by atoms with Gasteiger partial charge in [-0.3, -0.25) is 4.79 Å². The number of anilines is 1. The van der Waals surface area contributed by atoms with E-state index in [0.29, 0.717) is 6.42 Å². The monoisotopic (exact) mass is 247 g/mol. The Hall–Kier alpha value is -1.35. The molecule has 1 heterocycles. The zero-order chi connectivity index (χ0) is 13.5. The normalized spacial score (nSPS) is 22.6. The van der Waals surface area contributed by atoms with E-state index < -0.39 is 0 Å². The highest BCUT2D eigenvalue weighted by Crippen LogP contribution is 2.40. The van der Waals surface area contributed by atoms with Crippen LogP contribution in [0.3, 0.4) is 0 Å². The highest BCUT2D eigenvalue weighted by Gasteiger charge is 2.46. The molecular formula is C15H21NO2. The molecular weight excluding hydrogens is 226 g/mol. The molecule has 3 nitrogen and oxygen atoms in total. The van der Waals surface area contributed by atoms with Crippen molar-refractivity contribution in [1.82, 2.24) is 0 Å². The summed E-state index contributed by atoms with van der Waals surface area (Å²) in [6.07, 6.45) is 0.427. The molecule has 0 spiro atoms. The molecule has 1 aliphatic heterocycles. The highest BCUT2D eigenvalue weighted by molar-refractivity contribution is 5.98. The maximum Gasteiger partial charge on any atom is 0.227 e. The van der Waals surface area contributed by atoms with Crippen LogP contribution < -0.4 is 4.90 Å². The summed E-state index contributed by atoms with van der Waals surface area (Å²) in [7, 11) is 0. The van der Waals surface area contributed by atoms with Crippen molar-refractivity contribution in [2.45, 2.75) is 39.7 Å². The average molecular weight is 247 g/mol. The second kappa shape index (κ2) is 4.39. The first-order valence-corrected chi connectivity index (χ1v) is 6.39. The zero-order valence-electron chi connectivity index (χ0n) is 11.5. The van der Waals surface area contributed by atoms with Crippen LogP contribution in [0.15, 0.2) is 18.2 Å². The van der Waals surface area contributed by atoms with Gasteiger partial charge in [0.15, 0.2) is 0 Å². The predicted molar refractivity (Wildman–Crippen MR) is 72.7 cm³/mol. The number of aliphatic hydroxyl groups excluding tert-OH is 1. The van der Waals surface area contributed by atoms with E-state index in [0.717, 1.165) is 11.3 Å². The van der Waals surface area contributed by atoms with E-state index in [1.54, 1.807) is 0 Å². The minimum atomic E-state index is -0.329. The molecule has 1 amide bonds. The van der Waals surface area contributed by atoms with E-state index in [2.05, 4.69) is 13.0 Å². The van der Waals surface area contributed by atoms with E-state index in [1.165, 1.54) is 5.56 Å². The summed E-state index contributed by atoms with van der Waals surface area (Å²) >= 11 is 0. The van der Waals surface area contributed by atoms with Gasteiger partial charge < -0.3 is 10.0 Å². The lowest BCUT2D eigenvalue weighted by atomic mass is 9.88. The molecule has 1 unspecified atom stereocenters. The van der Waals surface area contributed by atoms with Gasteiger partial charge in [0.2, 0.25) is 5.91 Å². The third-order valence-corrected chi connectivity index (χ3v) is 4.28. The topological polar surface area (TPSA) is 40.5 Å². The first-order valence-electron chi connectivity index (χ1n) is 6.39. The van der Waals surface area contributed by atoms with Crippen LogP contribution in [-0.2, 0) is 4.79 Å². The van der Waals surface area contributed by atoms with Gasteiger partial charge in [0.05, 0.1) is 0 Å². The summed E-state index contributed by atoms with van der Waals surface area (Å²) in [6, 6.07) is 6.02. The van der Waals surface area contributed by atoms with Crippen LogP contribution in [0.1, 0.15) is 31.4 Å². The first kappa shape index (κ1) is 13.1. The Morgan fingerprint density at radius 2 is 2.06 bits per heavy atom. The number of amides is 1. The van der Waals surface area contributed by atoms with Gasteiger partial charge >= 0.3 is 0 Å². The summed E-state index contributed by atoms with van der Waals surface area (Å²) in [4.78, 5) is 14.1. The predicted octanol–water partition coefficient (Wildman–Crippen LogP) is 2.43. The first-order chi connectivity index (χ1) is 8.39. The smallest absolute Gasteiger partial charge is 0.227 e. The number of carbonyl (C=O) groups is 1. The van der Waals surface area contributed by atoms with Crippen molar-refractivity contribution in [2.24, 2.45) is 5.92 Å². The largest absolute Gasteiger partial charge is 0.396 e. The van der Waals surface area contributed by atoms with Crippen LogP contribution in [0.25, 0.3) is 0 Å². The summed E-state index contributed by atoms with van der Waals surface area (Å²) in [6.45, 7) is 8.21. The van der Waals surface area contributed by atoms with E-state index >= 15 is 0 Å². The molecule has 1 fully saturated rings. The SMILES string of the molecule is Cc1cccc(N2C(=O)CC(CO)C2(C)C)c1C. The molecule has 0 aromatic heterocycles. The second-order valence-electron chi connectivity index (χ2n) is 5.69. The Morgan fingerprint density at radius 1 is 1.39 bits per heavy atom. The second-order valence-corrected chi connectivity index (χ2v) is 5.69. The lowest BCUT2D eigenvalue weighted by molar-refractivity contribution is -0.117. The molecule has 0 bridgehead atoms. The molecule has 1 aromatic carbocycles. The van der Waals surface area contributed by atoms with Crippen molar-refractivity contribution >= 4 is 11.6 Å². The fourth-order valence-electron chi connectivity index (χ4n) is 2.77. The van der Waals surface area contributed by atoms with Crippen LogP contribution in [-0.4, -0.2) is 23.2 Å². The number of rotatable bonds is 2. The molecule has 1 atom stereocenters. The van der Waals surface area contributed by atoms with Crippen molar-refractivity contribution in [3.8, 4) is 0 Å². The quantitative estimate of drug-likeness (QED) is 0.872. The fourth-order valence-corrected chi connectivity index (χ4v) is 2.77. The Balaban J connectivity index is 2.50. The summed E-state index contributed by atoms with van der Waals surface area (Å²) in [5.74, 6) is 0.109. The Labute approximate surface area is 108 Å². The molecule has 98 valence electrons. The molecule has 2 rings (SSSR count). The van der Waals surface area contributed by atoms with Crippen molar-refractivity contribution in [3.05, 3.63) is 29.3 Å². The van der Waals surface area contributed by atoms with Crippen LogP contribution in [0.5, 0.6) is 0 Å². The van der Waals surface area contributed by atoms with Gasteiger partial charge in [0.1, 0.15) is 0 Å². The average Bonchev–Trinajstić information content (AvgIpc) is 2.53. The zero-order valence-corrected chi connectivity index (χ0v) is 11.5. The fraction of sp³-hybridized carbons (Fsp3) is 0.533. The number of aliphatic hydroxyl groups is 1. The number of hydrogen-bond acceptors (Lipinski definition) is 2. The number of hydrogen-bond donors (Lipinski definition) is 1. The van der Waals surface area contributed by atoms with Crippen molar-refractivity contribution in [1.29, 1.82) is 0 Å². The Morgan fingerprint density at radius 3 is 2.61 bits per heavy atom. The molecule has 1 N–H and O–H groups in total. The van der Waals surface area contributed by atoms with Crippen molar-refractivity contribution in [3.63, 3.8) is 0 Å². The van der Waals surface area contributed by atoms with Gasteiger partial charge in [-0.25, -0.2) is 0 Å². The molecule has 0 aliphatic carbocycles. The van der Waals surface area contributed by atoms with Gasteiger partial charge in [0.25, 0.3) is 0 Å². The van der Waals surface area contributed by atoms with E-state index in [9.17, 15) is 9.90 Å². The van der Waals surface area contributed by atoms with Crippen LogP contribution in [0.2, 0.25) is 0 Å². The minimum Gasteiger partial charge on any atom is -0.396 e. The molecule has 1 aromatic rings. The van der Waals surface area contributed by atoms with Gasteiger partial charge in [-0.2, -0.15) is 0 Å². The van der Waals surface area contributed by atoms with Gasteiger partial charge in [0, 0.05) is 30.2 Å². The number of aryl methyl sites for hydroxylation is 1. The number of nitrogens with zero attached hydrogens (tertiary/aromatic N) is 1. The van der Waals surface area contributed by atoms with Crippen LogP contribution in [0, 0.1) is 19.8 Å². The Bertz CT molecular complexity index is 479. The summed E-state index contributed by atoms with van der Waals surface area (Å²) in [5.41, 5.74) is 2.96. The van der Waals surface area contributed by atoms with Crippen molar-refractivity contribution in [2.75, 3.05) is 11.5 Å². The minimum absolute atomic E-state index is 0.00455. The molecule has 1 saturated heterocycles. The third kappa shape index (κ3) is 1.83. The van der Waals surface area contributed by atoms with E-state index in [4.69, 9.17) is 0 Å². The molecule has 3 heteroatoms. The molecule has 0 saturated carbocycles. The van der Waals surface area contributed by atoms with E-state index in [-0.39, 0.29) is 24.0 Å². The highest BCUT2D eigenvalue weighted by atomic mass is 16.3. The molecule has 18 heavy (non-hydrogen) atoms. The maximum absolute atomic E-state index is 12.2. The van der Waals surface area contributed by atoms with Gasteiger partial charge in [-0.05, 0) is 44.9 Å². The lowest BCUT2D eigenvalue weighted by Crippen LogP contribution is -2.45. The van der Waals surface area contributed by atoms with Gasteiger partial charge in [-0.1, -0.05) is 12.1 Å². The molecule has 0 radical (unpaired) electrons. The van der Waals surface area contributed by atoms with Crippen LogP contribution in [0.4, 0.5) is 5.69 Å². The van der Waals surface area contributed by atoms with Crippen molar-refractivity contribution < 1.29 is 9.90 Å². The molecule has 1 aliphatic rings. The third-order valence-electron chi connectivity index (χ3n) is 4.28. The number of benzene rings is 1.